The van der Waals surface area contributed by atoms with Crippen LogP contribution in [0.15, 0.2) is 18.2 Å². The van der Waals surface area contributed by atoms with Gasteiger partial charge in [-0.25, -0.2) is 4.79 Å². The summed E-state index contributed by atoms with van der Waals surface area (Å²) >= 11 is 0. The molecule has 2 aliphatic rings. The predicted octanol–water partition coefficient (Wildman–Crippen LogP) is 1.88. The second-order valence-corrected chi connectivity index (χ2v) is 6.44. The standard InChI is InChI=1S/C17H23N3O3/c1-19-7-9-20(10-8-19)13-5-6-15(14(11-13)17(22)23)18-16(21)12-3-2-4-12/h5-6,11-12H,2-4,7-10H2,1H3,(H,18,21)(H,22,23). The molecule has 1 saturated carbocycles. The Hall–Kier alpha value is -2.08. The number of hydrogen-bond donors (Lipinski definition) is 2. The van der Waals surface area contributed by atoms with Gasteiger partial charge in [0.1, 0.15) is 0 Å². The van der Waals surface area contributed by atoms with Crippen molar-refractivity contribution >= 4 is 23.3 Å². The number of hydrogen-bond acceptors (Lipinski definition) is 4. The lowest BCUT2D eigenvalue weighted by Gasteiger charge is -2.34. The molecule has 2 fully saturated rings. The summed E-state index contributed by atoms with van der Waals surface area (Å²) < 4.78 is 0. The molecule has 6 heteroatoms. The fourth-order valence-corrected chi connectivity index (χ4v) is 2.98. The van der Waals surface area contributed by atoms with Gasteiger partial charge >= 0.3 is 5.97 Å². The fraction of sp³-hybridized carbons (Fsp3) is 0.529. The first-order valence-electron chi connectivity index (χ1n) is 8.16. The molecule has 1 aromatic carbocycles. The van der Waals surface area contributed by atoms with Crippen molar-refractivity contribution in [2.75, 3.05) is 43.4 Å². The van der Waals surface area contributed by atoms with Crippen molar-refractivity contribution in [3.05, 3.63) is 23.8 Å². The minimum absolute atomic E-state index is 0.0361. The molecule has 1 amide bonds. The number of carboxylic acid groups (broad SMARTS) is 1. The van der Waals surface area contributed by atoms with Crippen LogP contribution in [0, 0.1) is 5.92 Å². The fourth-order valence-electron chi connectivity index (χ4n) is 2.98. The molecule has 3 rings (SSSR count). The Balaban J connectivity index is 1.78. The molecule has 1 aromatic rings. The quantitative estimate of drug-likeness (QED) is 0.887. The number of benzene rings is 1. The number of nitrogens with one attached hydrogen (secondary N) is 1. The van der Waals surface area contributed by atoms with E-state index in [1.54, 1.807) is 12.1 Å². The van der Waals surface area contributed by atoms with Gasteiger partial charge in [0.25, 0.3) is 0 Å². The van der Waals surface area contributed by atoms with Crippen molar-refractivity contribution in [3.63, 3.8) is 0 Å². The van der Waals surface area contributed by atoms with Crippen molar-refractivity contribution < 1.29 is 14.7 Å². The lowest BCUT2D eigenvalue weighted by atomic mass is 9.85. The Morgan fingerprint density at radius 1 is 1.17 bits per heavy atom. The molecule has 0 bridgehead atoms. The molecule has 0 spiro atoms. The Labute approximate surface area is 136 Å². The lowest BCUT2D eigenvalue weighted by molar-refractivity contribution is -0.122. The Morgan fingerprint density at radius 3 is 2.43 bits per heavy atom. The summed E-state index contributed by atoms with van der Waals surface area (Å²) in [6, 6.07) is 5.28. The highest BCUT2D eigenvalue weighted by Gasteiger charge is 2.26. The summed E-state index contributed by atoms with van der Waals surface area (Å²) in [6.45, 7) is 3.68. The summed E-state index contributed by atoms with van der Waals surface area (Å²) in [5, 5.41) is 12.3. The van der Waals surface area contributed by atoms with E-state index in [4.69, 9.17) is 0 Å². The number of piperazine rings is 1. The second-order valence-electron chi connectivity index (χ2n) is 6.44. The SMILES string of the molecule is CN1CCN(c2ccc(NC(=O)C3CCC3)c(C(=O)O)c2)CC1. The summed E-state index contributed by atoms with van der Waals surface area (Å²) in [5.41, 5.74) is 1.46. The highest BCUT2D eigenvalue weighted by atomic mass is 16.4. The van der Waals surface area contributed by atoms with Crippen LogP contribution in [-0.2, 0) is 4.79 Å². The average Bonchev–Trinajstić information content (AvgIpc) is 2.46. The molecular weight excluding hydrogens is 294 g/mol. The van der Waals surface area contributed by atoms with Crippen molar-refractivity contribution in [2.45, 2.75) is 19.3 Å². The monoisotopic (exact) mass is 317 g/mol. The van der Waals surface area contributed by atoms with E-state index in [1.807, 2.05) is 6.07 Å². The first-order chi connectivity index (χ1) is 11.0. The van der Waals surface area contributed by atoms with Crippen molar-refractivity contribution in [1.29, 1.82) is 0 Å². The third-order valence-electron chi connectivity index (χ3n) is 4.84. The molecular formula is C17H23N3O3. The third kappa shape index (κ3) is 3.47. The van der Waals surface area contributed by atoms with Crippen molar-refractivity contribution in [3.8, 4) is 0 Å². The number of likely N-dealkylation sites (N-methyl/N-ethyl adjacent to an activating group) is 1. The van der Waals surface area contributed by atoms with Gasteiger partial charge in [-0.05, 0) is 38.1 Å². The average molecular weight is 317 g/mol. The van der Waals surface area contributed by atoms with Gasteiger partial charge in [-0.15, -0.1) is 0 Å². The van der Waals surface area contributed by atoms with Crippen LogP contribution in [0.5, 0.6) is 0 Å². The predicted molar refractivity (Wildman–Crippen MR) is 89.1 cm³/mol. The normalized spacial score (nSPS) is 19.3. The lowest BCUT2D eigenvalue weighted by Crippen LogP contribution is -2.44. The number of nitrogens with zero attached hydrogens (tertiary/aromatic N) is 2. The summed E-state index contributed by atoms with van der Waals surface area (Å²) in [4.78, 5) is 28.1. The van der Waals surface area contributed by atoms with Gasteiger partial charge in [0, 0.05) is 37.8 Å². The number of amides is 1. The number of rotatable bonds is 4. The smallest absolute Gasteiger partial charge is 0.337 e. The van der Waals surface area contributed by atoms with E-state index >= 15 is 0 Å². The van der Waals surface area contributed by atoms with Crippen LogP contribution in [0.4, 0.5) is 11.4 Å². The van der Waals surface area contributed by atoms with Gasteiger partial charge in [-0.1, -0.05) is 6.42 Å². The first-order valence-corrected chi connectivity index (χ1v) is 8.16. The van der Waals surface area contributed by atoms with Crippen LogP contribution >= 0.6 is 0 Å². The van der Waals surface area contributed by atoms with E-state index in [-0.39, 0.29) is 17.4 Å². The molecule has 0 radical (unpaired) electrons. The van der Waals surface area contributed by atoms with Gasteiger partial charge in [-0.2, -0.15) is 0 Å². The molecule has 0 aromatic heterocycles. The zero-order chi connectivity index (χ0) is 16.4. The van der Waals surface area contributed by atoms with E-state index in [2.05, 4.69) is 22.2 Å². The van der Waals surface area contributed by atoms with Crippen LogP contribution < -0.4 is 10.2 Å². The first kappa shape index (κ1) is 15.8. The highest BCUT2D eigenvalue weighted by Crippen LogP contribution is 2.29. The molecule has 1 heterocycles. The van der Waals surface area contributed by atoms with Gasteiger partial charge in [-0.3, -0.25) is 4.79 Å². The molecule has 2 N–H and O–H groups in total. The molecule has 23 heavy (non-hydrogen) atoms. The zero-order valence-corrected chi connectivity index (χ0v) is 13.4. The van der Waals surface area contributed by atoms with Crippen LogP contribution in [0.25, 0.3) is 0 Å². The van der Waals surface area contributed by atoms with E-state index in [1.165, 1.54) is 0 Å². The number of carboxylic acids is 1. The van der Waals surface area contributed by atoms with Crippen molar-refractivity contribution in [1.82, 2.24) is 4.90 Å². The minimum atomic E-state index is -1.01. The number of aromatic carboxylic acids is 1. The van der Waals surface area contributed by atoms with Gasteiger partial charge in [0.05, 0.1) is 11.3 Å². The van der Waals surface area contributed by atoms with E-state index < -0.39 is 5.97 Å². The maximum absolute atomic E-state index is 12.1. The van der Waals surface area contributed by atoms with Crippen LogP contribution in [0.1, 0.15) is 29.6 Å². The third-order valence-corrected chi connectivity index (χ3v) is 4.84. The number of anilines is 2. The highest BCUT2D eigenvalue weighted by molar-refractivity contribution is 6.02. The van der Waals surface area contributed by atoms with Crippen molar-refractivity contribution in [2.24, 2.45) is 5.92 Å². The summed E-state index contributed by atoms with van der Waals surface area (Å²) in [5.74, 6) is -1.04. The van der Waals surface area contributed by atoms with E-state index in [9.17, 15) is 14.7 Å². The summed E-state index contributed by atoms with van der Waals surface area (Å²) in [6.07, 6.45) is 2.87. The summed E-state index contributed by atoms with van der Waals surface area (Å²) in [7, 11) is 2.08. The Bertz CT molecular complexity index is 605. The number of carbonyl (C=O) groups excluding carboxylic acids is 1. The van der Waals surface area contributed by atoms with Gasteiger partial charge < -0.3 is 20.2 Å². The molecule has 6 nitrogen and oxygen atoms in total. The minimum Gasteiger partial charge on any atom is -0.478 e. The largest absolute Gasteiger partial charge is 0.478 e. The molecule has 1 aliphatic heterocycles. The number of carbonyl (C=O) groups is 2. The van der Waals surface area contributed by atoms with Crippen LogP contribution in [-0.4, -0.2) is 55.1 Å². The zero-order valence-electron chi connectivity index (χ0n) is 13.4. The topological polar surface area (TPSA) is 72.9 Å². The second kappa shape index (κ2) is 6.58. The molecule has 1 aliphatic carbocycles. The Morgan fingerprint density at radius 2 is 1.87 bits per heavy atom. The van der Waals surface area contributed by atoms with Gasteiger partial charge in [0.2, 0.25) is 5.91 Å². The van der Waals surface area contributed by atoms with Crippen LogP contribution in [0.3, 0.4) is 0 Å². The molecule has 1 saturated heterocycles. The molecule has 124 valence electrons. The van der Waals surface area contributed by atoms with E-state index in [0.717, 1.165) is 51.1 Å². The van der Waals surface area contributed by atoms with E-state index in [0.29, 0.717) is 5.69 Å². The van der Waals surface area contributed by atoms with Crippen LogP contribution in [0.2, 0.25) is 0 Å². The van der Waals surface area contributed by atoms with Gasteiger partial charge in [0.15, 0.2) is 0 Å². The maximum Gasteiger partial charge on any atom is 0.337 e. The molecule has 0 unspecified atom stereocenters. The maximum atomic E-state index is 12.1. The molecule has 0 atom stereocenters. The Kier molecular flexibility index (Phi) is 4.52.